The number of rotatable bonds is 7. The zero-order valence-corrected chi connectivity index (χ0v) is 12.3. The molecule has 1 aliphatic rings. The van der Waals surface area contributed by atoms with Gasteiger partial charge < -0.3 is 14.8 Å². The summed E-state index contributed by atoms with van der Waals surface area (Å²) >= 11 is 0. The van der Waals surface area contributed by atoms with Gasteiger partial charge in [-0.25, -0.2) is 0 Å². The Morgan fingerprint density at radius 1 is 1.24 bits per heavy atom. The maximum absolute atomic E-state index is 12.2. The second-order valence-corrected chi connectivity index (χ2v) is 4.86. The molecule has 0 aliphatic carbocycles. The summed E-state index contributed by atoms with van der Waals surface area (Å²) in [5, 5.41) is 3.09. The van der Waals surface area contributed by atoms with Crippen LogP contribution in [0.4, 0.5) is 5.69 Å². The second-order valence-electron chi connectivity index (χ2n) is 4.86. The molecule has 1 fully saturated rings. The Balaban J connectivity index is 1.94. The highest BCUT2D eigenvalue weighted by molar-refractivity contribution is 6.06. The molecule has 0 spiro atoms. The topological polar surface area (TPSA) is 67.9 Å². The van der Waals surface area contributed by atoms with Crippen molar-refractivity contribution in [1.82, 2.24) is 4.90 Å². The number of nitrogens with zero attached hydrogens (tertiary/aromatic N) is 1. The van der Waals surface area contributed by atoms with E-state index in [9.17, 15) is 9.59 Å². The minimum absolute atomic E-state index is 0.137. The van der Waals surface area contributed by atoms with Gasteiger partial charge in [-0.15, -0.1) is 0 Å². The number of methoxy groups -OCH3 is 2. The summed E-state index contributed by atoms with van der Waals surface area (Å²) < 4.78 is 10.0. The fraction of sp³-hybridized carbons (Fsp3) is 0.467. The fourth-order valence-electron chi connectivity index (χ4n) is 2.29. The lowest BCUT2D eigenvalue weighted by Gasteiger charge is -2.16. The molecule has 1 N–H and O–H groups in total. The highest BCUT2D eigenvalue weighted by Crippen LogP contribution is 2.20. The minimum Gasteiger partial charge on any atom is -0.497 e. The summed E-state index contributed by atoms with van der Waals surface area (Å²) in [4.78, 5) is 25.4. The van der Waals surface area contributed by atoms with E-state index in [4.69, 9.17) is 9.47 Å². The van der Waals surface area contributed by atoms with E-state index in [0.717, 1.165) is 11.4 Å². The molecular weight excluding hydrogens is 272 g/mol. The van der Waals surface area contributed by atoms with Crippen molar-refractivity contribution in [3.63, 3.8) is 0 Å². The largest absolute Gasteiger partial charge is 0.497 e. The van der Waals surface area contributed by atoms with Crippen LogP contribution in [0.5, 0.6) is 5.75 Å². The van der Waals surface area contributed by atoms with E-state index in [1.54, 1.807) is 26.4 Å². The number of hydrogen-bond donors (Lipinski definition) is 1. The first kappa shape index (κ1) is 15.3. The molecule has 6 nitrogen and oxygen atoms in total. The van der Waals surface area contributed by atoms with Crippen LogP contribution in [-0.4, -0.2) is 50.1 Å². The molecule has 2 amide bonds. The number of hydrogen-bond acceptors (Lipinski definition) is 5. The Morgan fingerprint density at radius 3 is 2.57 bits per heavy atom. The van der Waals surface area contributed by atoms with Gasteiger partial charge in [-0.1, -0.05) is 0 Å². The number of anilines is 1. The van der Waals surface area contributed by atoms with E-state index in [1.165, 1.54) is 4.90 Å². The highest BCUT2D eigenvalue weighted by Gasteiger charge is 2.37. The lowest BCUT2D eigenvalue weighted by molar-refractivity contribution is -0.138. The van der Waals surface area contributed by atoms with E-state index >= 15 is 0 Å². The monoisotopic (exact) mass is 292 g/mol. The van der Waals surface area contributed by atoms with Crippen LogP contribution in [0, 0.1) is 0 Å². The average molecular weight is 292 g/mol. The minimum atomic E-state index is -0.492. The van der Waals surface area contributed by atoms with Crippen LogP contribution in [0.1, 0.15) is 12.8 Å². The Bertz CT molecular complexity index is 501. The number of nitrogens with one attached hydrogen (secondary N) is 1. The van der Waals surface area contributed by atoms with Crippen molar-refractivity contribution in [2.45, 2.75) is 18.9 Å². The molecule has 1 aromatic rings. The third-order valence-electron chi connectivity index (χ3n) is 3.41. The van der Waals surface area contributed by atoms with Crippen LogP contribution in [0.25, 0.3) is 0 Å². The molecule has 0 aromatic heterocycles. The molecule has 1 saturated heterocycles. The molecule has 0 radical (unpaired) electrons. The molecule has 1 atom stereocenters. The van der Waals surface area contributed by atoms with E-state index in [0.29, 0.717) is 19.6 Å². The number of imide groups is 1. The van der Waals surface area contributed by atoms with E-state index in [1.807, 2.05) is 12.1 Å². The predicted molar refractivity (Wildman–Crippen MR) is 78.2 cm³/mol. The molecule has 0 saturated carbocycles. The van der Waals surface area contributed by atoms with Crippen LogP contribution in [0.3, 0.4) is 0 Å². The zero-order valence-electron chi connectivity index (χ0n) is 12.3. The van der Waals surface area contributed by atoms with Crippen molar-refractivity contribution < 1.29 is 19.1 Å². The van der Waals surface area contributed by atoms with Gasteiger partial charge in [0.2, 0.25) is 5.91 Å². The Hall–Kier alpha value is -2.08. The molecule has 1 unspecified atom stereocenters. The third-order valence-corrected chi connectivity index (χ3v) is 3.41. The van der Waals surface area contributed by atoms with Gasteiger partial charge in [0.25, 0.3) is 5.91 Å². The molecule has 0 bridgehead atoms. The van der Waals surface area contributed by atoms with Crippen molar-refractivity contribution in [2.75, 3.05) is 32.7 Å². The standard InChI is InChI=1S/C15H20N2O4/c1-20-9-3-8-17-14(18)10-13(15(17)19)16-11-4-6-12(21-2)7-5-11/h4-7,13,16H,3,8-10H2,1-2H3. The number of carbonyl (C=O) groups is 2. The summed E-state index contributed by atoms with van der Waals surface area (Å²) in [7, 11) is 3.20. The van der Waals surface area contributed by atoms with Gasteiger partial charge in [0.1, 0.15) is 11.8 Å². The normalized spacial score (nSPS) is 18.2. The Kier molecular flexibility index (Phi) is 5.16. The number of carbonyl (C=O) groups excluding carboxylic acids is 2. The molecule has 1 aromatic carbocycles. The van der Waals surface area contributed by atoms with Crippen LogP contribution < -0.4 is 10.1 Å². The summed E-state index contributed by atoms with van der Waals surface area (Å²) in [5.41, 5.74) is 0.792. The summed E-state index contributed by atoms with van der Waals surface area (Å²) in [6, 6.07) is 6.77. The zero-order chi connectivity index (χ0) is 15.2. The first-order valence-corrected chi connectivity index (χ1v) is 6.89. The van der Waals surface area contributed by atoms with E-state index in [-0.39, 0.29) is 18.2 Å². The van der Waals surface area contributed by atoms with Crippen molar-refractivity contribution in [3.05, 3.63) is 24.3 Å². The maximum atomic E-state index is 12.2. The molecule has 1 heterocycles. The summed E-state index contributed by atoms with van der Waals surface area (Å²) in [6.45, 7) is 0.944. The van der Waals surface area contributed by atoms with Crippen LogP contribution in [0.15, 0.2) is 24.3 Å². The third kappa shape index (κ3) is 3.72. The quantitative estimate of drug-likeness (QED) is 0.605. The molecule has 1 aliphatic heterocycles. The SMILES string of the molecule is COCCCN1C(=O)CC(Nc2ccc(OC)cc2)C1=O. The van der Waals surface area contributed by atoms with E-state index in [2.05, 4.69) is 5.32 Å². The van der Waals surface area contributed by atoms with Crippen LogP contribution >= 0.6 is 0 Å². The number of likely N-dealkylation sites (tertiary alicyclic amines) is 1. The van der Waals surface area contributed by atoms with Gasteiger partial charge in [-0.2, -0.15) is 0 Å². The number of ether oxygens (including phenoxy) is 2. The van der Waals surface area contributed by atoms with Gasteiger partial charge in [-0.3, -0.25) is 14.5 Å². The lowest BCUT2D eigenvalue weighted by Crippen LogP contribution is -2.35. The Labute approximate surface area is 124 Å². The van der Waals surface area contributed by atoms with Crippen LogP contribution in [-0.2, 0) is 14.3 Å². The first-order chi connectivity index (χ1) is 10.2. The molecule has 2 rings (SSSR count). The van der Waals surface area contributed by atoms with Crippen molar-refractivity contribution in [3.8, 4) is 5.75 Å². The first-order valence-electron chi connectivity index (χ1n) is 6.89. The Morgan fingerprint density at radius 2 is 1.95 bits per heavy atom. The second kappa shape index (κ2) is 7.08. The molecule has 21 heavy (non-hydrogen) atoms. The number of amides is 2. The van der Waals surface area contributed by atoms with Gasteiger partial charge in [0.15, 0.2) is 0 Å². The van der Waals surface area contributed by atoms with Crippen molar-refractivity contribution in [1.29, 1.82) is 0 Å². The smallest absolute Gasteiger partial charge is 0.252 e. The van der Waals surface area contributed by atoms with Crippen molar-refractivity contribution in [2.24, 2.45) is 0 Å². The highest BCUT2D eigenvalue weighted by atomic mass is 16.5. The van der Waals surface area contributed by atoms with Crippen molar-refractivity contribution >= 4 is 17.5 Å². The number of benzene rings is 1. The summed E-state index contributed by atoms with van der Waals surface area (Å²) in [5.74, 6) is 0.435. The molecular formula is C15H20N2O4. The van der Waals surface area contributed by atoms with Gasteiger partial charge >= 0.3 is 0 Å². The maximum Gasteiger partial charge on any atom is 0.252 e. The lowest BCUT2D eigenvalue weighted by atomic mass is 10.2. The average Bonchev–Trinajstić information content (AvgIpc) is 2.75. The van der Waals surface area contributed by atoms with Gasteiger partial charge in [0.05, 0.1) is 13.5 Å². The molecule has 114 valence electrons. The molecule has 6 heteroatoms. The summed E-state index contributed by atoms with van der Waals surface area (Å²) in [6.07, 6.45) is 0.848. The van der Waals surface area contributed by atoms with Crippen LogP contribution in [0.2, 0.25) is 0 Å². The fourth-order valence-corrected chi connectivity index (χ4v) is 2.29. The predicted octanol–water partition coefficient (Wildman–Crippen LogP) is 1.27. The van der Waals surface area contributed by atoms with Gasteiger partial charge in [-0.05, 0) is 30.7 Å². The van der Waals surface area contributed by atoms with Gasteiger partial charge in [0, 0.05) is 25.9 Å². The van der Waals surface area contributed by atoms with E-state index < -0.39 is 6.04 Å².